The van der Waals surface area contributed by atoms with Gasteiger partial charge in [-0.05, 0) is 117 Å². The molecule has 4 fully saturated rings. The maximum absolute atomic E-state index is 13.7. The molecule has 4 saturated carbocycles. The Morgan fingerprint density at radius 3 is 2.53 bits per heavy atom. The Bertz CT molecular complexity index is 1220. The van der Waals surface area contributed by atoms with Crippen molar-refractivity contribution in [3.8, 4) is 0 Å². The molecule has 9 atom stereocenters. The predicted molar refractivity (Wildman–Crippen MR) is 141 cm³/mol. The van der Waals surface area contributed by atoms with Gasteiger partial charge in [0.15, 0.2) is 5.78 Å². The van der Waals surface area contributed by atoms with E-state index >= 15 is 0 Å². The van der Waals surface area contributed by atoms with E-state index in [1.165, 1.54) is 19.3 Å². The van der Waals surface area contributed by atoms with Crippen LogP contribution in [0.5, 0.6) is 0 Å². The van der Waals surface area contributed by atoms with Crippen molar-refractivity contribution in [2.75, 3.05) is 6.26 Å². The quantitative estimate of drug-likeness (QED) is 0.614. The SMILES string of the molecule is CS(=O)c1ccc2nn(CC(=O)[C@H]3CC[C@H]4[C@@H]5CC[C@H]6C[C@](C)(O)CC[C@]6(C)[C@H]5CC[C@]34C)nc2c1. The number of ketones is 1. The molecule has 1 unspecified atom stereocenters. The van der Waals surface area contributed by atoms with Gasteiger partial charge in [-0.1, -0.05) is 13.8 Å². The van der Waals surface area contributed by atoms with Crippen molar-refractivity contribution in [2.24, 2.45) is 40.4 Å². The lowest BCUT2D eigenvalue weighted by Gasteiger charge is -2.61. The van der Waals surface area contributed by atoms with E-state index in [1.54, 1.807) is 11.1 Å². The fraction of sp³-hybridized carbons (Fsp3) is 0.759. The summed E-state index contributed by atoms with van der Waals surface area (Å²) in [6, 6.07) is 5.48. The molecule has 1 N–H and O–H groups in total. The first kappa shape index (κ1) is 24.7. The molecule has 6 rings (SSSR count). The molecule has 4 aliphatic rings. The van der Waals surface area contributed by atoms with E-state index in [0.717, 1.165) is 54.9 Å². The van der Waals surface area contributed by atoms with Gasteiger partial charge in [0.25, 0.3) is 0 Å². The van der Waals surface area contributed by atoms with Crippen molar-refractivity contribution in [1.29, 1.82) is 0 Å². The third-order valence-electron chi connectivity index (χ3n) is 11.4. The third-order valence-corrected chi connectivity index (χ3v) is 12.3. The van der Waals surface area contributed by atoms with E-state index in [1.807, 2.05) is 25.1 Å². The number of hydrogen-bond acceptors (Lipinski definition) is 5. The largest absolute Gasteiger partial charge is 0.390 e. The van der Waals surface area contributed by atoms with Crippen LogP contribution in [0.2, 0.25) is 0 Å². The summed E-state index contributed by atoms with van der Waals surface area (Å²) in [5, 5.41) is 19.9. The zero-order chi connectivity index (χ0) is 25.5. The lowest BCUT2D eigenvalue weighted by Crippen LogP contribution is -2.55. The minimum absolute atomic E-state index is 0.0699. The number of benzene rings is 1. The smallest absolute Gasteiger partial charge is 0.159 e. The van der Waals surface area contributed by atoms with Crippen molar-refractivity contribution in [3.63, 3.8) is 0 Å². The van der Waals surface area contributed by atoms with E-state index < -0.39 is 16.4 Å². The van der Waals surface area contributed by atoms with Crippen LogP contribution in [-0.4, -0.2) is 41.9 Å². The second-order valence-corrected chi connectivity index (χ2v) is 14.7. The van der Waals surface area contributed by atoms with Crippen molar-refractivity contribution in [3.05, 3.63) is 18.2 Å². The van der Waals surface area contributed by atoms with Crippen LogP contribution in [-0.2, 0) is 22.1 Å². The highest BCUT2D eigenvalue weighted by Crippen LogP contribution is 2.68. The van der Waals surface area contributed by atoms with Crippen LogP contribution in [0, 0.1) is 40.4 Å². The summed E-state index contributed by atoms with van der Waals surface area (Å²) < 4.78 is 11.8. The Kier molecular flexibility index (Phi) is 5.81. The van der Waals surface area contributed by atoms with Gasteiger partial charge in [-0.15, -0.1) is 0 Å². The van der Waals surface area contributed by atoms with E-state index in [-0.39, 0.29) is 23.7 Å². The topological polar surface area (TPSA) is 85.1 Å². The average Bonchev–Trinajstić information content (AvgIpc) is 3.38. The number of hydrogen-bond donors (Lipinski definition) is 1. The summed E-state index contributed by atoms with van der Waals surface area (Å²) >= 11 is 0. The Morgan fingerprint density at radius 2 is 1.75 bits per heavy atom. The molecule has 0 amide bonds. The van der Waals surface area contributed by atoms with E-state index in [0.29, 0.717) is 28.7 Å². The molecule has 1 heterocycles. The first-order valence-electron chi connectivity index (χ1n) is 13.9. The fourth-order valence-corrected chi connectivity index (χ4v) is 9.94. The number of aliphatic hydroxyl groups is 1. The average molecular weight is 512 g/mol. The molecule has 1 aromatic heterocycles. The number of aromatic nitrogens is 3. The first-order valence-corrected chi connectivity index (χ1v) is 15.5. The second-order valence-electron chi connectivity index (χ2n) is 13.3. The van der Waals surface area contributed by atoms with Crippen LogP contribution < -0.4 is 0 Å². The van der Waals surface area contributed by atoms with Crippen LogP contribution in [0.15, 0.2) is 23.1 Å². The molecule has 4 aliphatic carbocycles. The van der Waals surface area contributed by atoms with Crippen molar-refractivity contribution < 1.29 is 14.1 Å². The van der Waals surface area contributed by atoms with E-state index in [2.05, 4.69) is 24.0 Å². The molecule has 7 heteroatoms. The predicted octanol–water partition coefficient (Wildman–Crippen LogP) is 5.15. The third kappa shape index (κ3) is 3.82. The van der Waals surface area contributed by atoms with Gasteiger partial charge in [-0.25, -0.2) is 0 Å². The monoisotopic (exact) mass is 511 g/mol. The van der Waals surface area contributed by atoms with E-state index in [4.69, 9.17) is 0 Å². The van der Waals surface area contributed by atoms with Crippen LogP contribution in [0.3, 0.4) is 0 Å². The number of carbonyl (C=O) groups excluding carboxylic acids is 1. The van der Waals surface area contributed by atoms with Crippen molar-refractivity contribution >= 4 is 27.6 Å². The van der Waals surface area contributed by atoms with Gasteiger partial charge in [0.05, 0.1) is 5.60 Å². The zero-order valence-electron chi connectivity index (χ0n) is 22.2. The summed E-state index contributed by atoms with van der Waals surface area (Å²) in [5.41, 5.74) is 1.35. The van der Waals surface area contributed by atoms with Gasteiger partial charge in [-0.2, -0.15) is 15.0 Å². The molecule has 1 aromatic carbocycles. The Labute approximate surface area is 217 Å². The van der Waals surface area contributed by atoms with Gasteiger partial charge in [0, 0.05) is 27.9 Å². The lowest BCUT2D eigenvalue weighted by atomic mass is 9.44. The lowest BCUT2D eigenvalue weighted by molar-refractivity contribution is -0.151. The molecule has 0 radical (unpaired) electrons. The molecule has 0 saturated heterocycles. The van der Waals surface area contributed by atoms with E-state index in [9.17, 15) is 14.1 Å². The minimum Gasteiger partial charge on any atom is -0.390 e. The van der Waals surface area contributed by atoms with Crippen LogP contribution >= 0.6 is 0 Å². The highest BCUT2D eigenvalue weighted by atomic mass is 32.2. The molecule has 0 spiro atoms. The molecule has 0 bridgehead atoms. The minimum atomic E-state index is -1.07. The highest BCUT2D eigenvalue weighted by molar-refractivity contribution is 7.84. The van der Waals surface area contributed by atoms with Gasteiger partial charge >= 0.3 is 0 Å². The number of Topliss-reactive ketones (excluding diaryl/α,β-unsaturated/α-hetero) is 1. The van der Waals surface area contributed by atoms with Crippen molar-refractivity contribution in [2.45, 2.75) is 95.6 Å². The maximum Gasteiger partial charge on any atom is 0.159 e. The number of rotatable bonds is 4. The Morgan fingerprint density at radius 1 is 1.00 bits per heavy atom. The van der Waals surface area contributed by atoms with Crippen LogP contribution in [0.1, 0.15) is 78.6 Å². The normalized spacial score (nSPS) is 43.0. The zero-order valence-corrected chi connectivity index (χ0v) is 23.0. The van der Waals surface area contributed by atoms with Gasteiger partial charge in [0.2, 0.25) is 0 Å². The second kappa shape index (κ2) is 8.45. The fourth-order valence-electron chi connectivity index (χ4n) is 9.40. The Balaban J connectivity index is 1.19. The molecule has 0 aliphatic heterocycles. The van der Waals surface area contributed by atoms with Crippen LogP contribution in [0.25, 0.3) is 11.0 Å². The Hall–Kier alpha value is -1.60. The number of fused-ring (bicyclic) bond motifs is 6. The van der Waals surface area contributed by atoms with Gasteiger partial charge in [0.1, 0.15) is 17.6 Å². The highest BCUT2D eigenvalue weighted by Gasteiger charge is 2.61. The molecular weight excluding hydrogens is 470 g/mol. The molecule has 196 valence electrons. The number of carbonyl (C=O) groups is 1. The maximum atomic E-state index is 13.7. The molecule has 36 heavy (non-hydrogen) atoms. The van der Waals surface area contributed by atoms with Crippen LogP contribution in [0.4, 0.5) is 0 Å². The summed E-state index contributed by atoms with van der Waals surface area (Å²) in [6.45, 7) is 7.18. The molecule has 2 aromatic rings. The van der Waals surface area contributed by atoms with Gasteiger partial charge in [-0.3, -0.25) is 9.00 Å². The number of nitrogens with zero attached hydrogens (tertiary/aromatic N) is 3. The molecule has 6 nitrogen and oxygen atoms in total. The summed E-state index contributed by atoms with van der Waals surface area (Å²) in [7, 11) is -1.07. The first-order chi connectivity index (χ1) is 17.0. The standard InChI is InChI=1S/C29H41N3O3S/c1-27(34)13-14-28(2)18(16-27)5-7-20-21-8-9-23(29(21,3)12-11-22(20)28)26(33)17-32-30-24-10-6-19(36(4)35)15-25(24)31-32/h6,10,15,18,20-23,34H,5,7-9,11-14,16-17H2,1-4H3/t18-,20-,21-,22-,23+,27+,28-,29-,36?/m0/s1. The summed E-state index contributed by atoms with van der Waals surface area (Å²) in [4.78, 5) is 16.0. The van der Waals surface area contributed by atoms with Crippen molar-refractivity contribution in [1.82, 2.24) is 15.0 Å². The summed E-state index contributed by atoms with van der Waals surface area (Å²) in [6.07, 6.45) is 11.7. The molecular formula is C29H41N3O3S. The summed E-state index contributed by atoms with van der Waals surface area (Å²) in [5.74, 6) is 3.05. The van der Waals surface area contributed by atoms with Gasteiger partial charge < -0.3 is 5.11 Å².